The Morgan fingerprint density at radius 1 is 1.20 bits per heavy atom. The maximum absolute atomic E-state index is 13.5. The van der Waals surface area contributed by atoms with Crippen molar-refractivity contribution in [1.82, 2.24) is 10.0 Å². The molecule has 2 heterocycles. The maximum Gasteiger partial charge on any atom is 0.416 e. The first-order valence-corrected chi connectivity index (χ1v) is 14.0. The van der Waals surface area contributed by atoms with Gasteiger partial charge in [0.2, 0.25) is 10.0 Å². The number of sulfonamides is 1. The predicted octanol–water partition coefficient (Wildman–Crippen LogP) is 4.39. The summed E-state index contributed by atoms with van der Waals surface area (Å²) in [5.74, 6) is 0.211. The predicted molar refractivity (Wildman–Crippen MR) is 131 cm³/mol. The van der Waals surface area contributed by atoms with E-state index in [2.05, 4.69) is 27.5 Å². The summed E-state index contributed by atoms with van der Waals surface area (Å²) in [5, 5.41) is 6.60. The quantitative estimate of drug-likeness (QED) is 0.427. The van der Waals surface area contributed by atoms with Crippen molar-refractivity contribution >= 4 is 15.7 Å². The molecule has 0 bridgehead atoms. The lowest BCUT2D eigenvalue weighted by Gasteiger charge is -2.47. The Morgan fingerprint density at radius 3 is 2.74 bits per heavy atom. The Labute approximate surface area is 205 Å². The third kappa shape index (κ3) is 6.47. The number of nitrogens with one attached hydrogen (secondary N) is 3. The number of rotatable bonds is 9. The van der Waals surface area contributed by atoms with Gasteiger partial charge in [-0.3, -0.25) is 0 Å². The van der Waals surface area contributed by atoms with E-state index in [1.807, 2.05) is 19.1 Å². The van der Waals surface area contributed by atoms with Crippen molar-refractivity contribution in [3.63, 3.8) is 0 Å². The number of fused-ring (bicyclic) bond motifs is 3. The van der Waals surface area contributed by atoms with Crippen LogP contribution in [-0.2, 0) is 20.9 Å². The van der Waals surface area contributed by atoms with Gasteiger partial charge < -0.3 is 15.4 Å². The third-order valence-corrected chi connectivity index (χ3v) is 8.47. The summed E-state index contributed by atoms with van der Waals surface area (Å²) < 4.78 is 74.2. The van der Waals surface area contributed by atoms with Gasteiger partial charge in [-0.15, -0.1) is 0 Å². The first kappa shape index (κ1) is 26.2. The van der Waals surface area contributed by atoms with Gasteiger partial charge in [-0.25, -0.2) is 13.1 Å². The lowest BCUT2D eigenvalue weighted by Crippen LogP contribution is -2.48. The Morgan fingerprint density at radius 2 is 2.03 bits per heavy atom. The van der Waals surface area contributed by atoms with Crippen LogP contribution in [0.2, 0.25) is 0 Å². The average molecular weight is 514 g/mol. The van der Waals surface area contributed by atoms with E-state index in [0.717, 1.165) is 25.5 Å². The highest BCUT2D eigenvalue weighted by molar-refractivity contribution is 7.89. The fraction of sp³-hybridized carbons (Fsp3) is 0.600. The molecule has 2 aliphatic heterocycles. The lowest BCUT2D eigenvalue weighted by atomic mass is 9.73. The standard InChI is InChI=1S/C25H34F3N3O3S/c1-2-29-13-6-14-35(32,33)30-16-19-10-11-20-23(17-7-4-3-5-8-17)31-22-12-9-18(25(26,27)28)15-21(22)24(20)34-19/h3-5,7,9,12,15,17,19-20,23-24,29-31H,2,6,8,10-11,13-14,16H2,1H3/t17?,19-,20+,23+,24+/m1/s1. The van der Waals surface area contributed by atoms with Crippen molar-refractivity contribution in [2.45, 2.75) is 57.0 Å². The molecule has 10 heteroatoms. The maximum atomic E-state index is 13.5. The number of anilines is 1. The largest absolute Gasteiger partial charge is 0.416 e. The van der Waals surface area contributed by atoms with Crippen LogP contribution in [-0.4, -0.2) is 46.0 Å². The van der Waals surface area contributed by atoms with E-state index in [4.69, 9.17) is 4.74 Å². The van der Waals surface area contributed by atoms with Crippen LogP contribution in [0.1, 0.15) is 49.8 Å². The fourth-order valence-corrected chi connectivity index (χ4v) is 6.38. The lowest BCUT2D eigenvalue weighted by molar-refractivity contribution is -0.138. The van der Waals surface area contributed by atoms with Gasteiger partial charge in [-0.2, -0.15) is 13.2 Å². The van der Waals surface area contributed by atoms with Gasteiger partial charge in [0.15, 0.2) is 0 Å². The third-order valence-electron chi connectivity index (χ3n) is 7.04. The first-order valence-electron chi connectivity index (χ1n) is 12.3. The van der Waals surface area contributed by atoms with Crippen LogP contribution in [0.3, 0.4) is 0 Å². The van der Waals surface area contributed by atoms with Crippen molar-refractivity contribution in [2.75, 3.05) is 30.7 Å². The van der Waals surface area contributed by atoms with Crippen molar-refractivity contribution < 1.29 is 26.3 Å². The molecule has 1 unspecified atom stereocenters. The van der Waals surface area contributed by atoms with Crippen LogP contribution in [0.5, 0.6) is 0 Å². The van der Waals surface area contributed by atoms with Gasteiger partial charge in [0.1, 0.15) is 0 Å². The van der Waals surface area contributed by atoms with Gasteiger partial charge in [0.05, 0.1) is 23.5 Å². The van der Waals surface area contributed by atoms with Crippen LogP contribution < -0.4 is 15.4 Å². The second-order valence-corrected chi connectivity index (χ2v) is 11.4. The normalized spacial score (nSPS) is 28.3. The van der Waals surface area contributed by atoms with Crippen molar-refractivity contribution in [1.29, 1.82) is 0 Å². The molecule has 5 atom stereocenters. The molecule has 1 aromatic carbocycles. The van der Waals surface area contributed by atoms with Gasteiger partial charge in [-0.1, -0.05) is 31.2 Å². The van der Waals surface area contributed by atoms with Gasteiger partial charge in [-0.05, 0) is 57.0 Å². The van der Waals surface area contributed by atoms with E-state index in [1.165, 1.54) is 12.1 Å². The number of halogens is 3. The van der Waals surface area contributed by atoms with E-state index >= 15 is 0 Å². The van der Waals surface area contributed by atoms with Gasteiger partial charge in [0.25, 0.3) is 0 Å². The molecule has 1 aliphatic carbocycles. The smallest absolute Gasteiger partial charge is 0.381 e. The Kier molecular flexibility index (Phi) is 8.25. The average Bonchev–Trinajstić information content (AvgIpc) is 2.84. The van der Waals surface area contributed by atoms with Gasteiger partial charge >= 0.3 is 6.18 Å². The van der Waals surface area contributed by atoms with Crippen LogP contribution in [0.15, 0.2) is 42.5 Å². The molecule has 35 heavy (non-hydrogen) atoms. The summed E-state index contributed by atoms with van der Waals surface area (Å²) in [5.41, 5.74) is 0.439. The molecule has 0 radical (unpaired) electrons. The monoisotopic (exact) mass is 513 g/mol. The topological polar surface area (TPSA) is 79.5 Å². The minimum Gasteiger partial charge on any atom is -0.381 e. The molecule has 0 aromatic heterocycles. The summed E-state index contributed by atoms with van der Waals surface area (Å²) >= 11 is 0. The minimum atomic E-state index is -4.45. The van der Waals surface area contributed by atoms with Crippen LogP contribution in [0, 0.1) is 11.8 Å². The molecule has 1 fully saturated rings. The summed E-state index contributed by atoms with van der Waals surface area (Å²) in [7, 11) is -3.45. The molecule has 0 amide bonds. The summed E-state index contributed by atoms with van der Waals surface area (Å²) in [4.78, 5) is 0. The molecule has 194 valence electrons. The van der Waals surface area contributed by atoms with Crippen LogP contribution >= 0.6 is 0 Å². The second-order valence-electron chi connectivity index (χ2n) is 9.48. The molecule has 1 aromatic rings. The number of hydrogen-bond acceptors (Lipinski definition) is 5. The SMILES string of the molecule is CCNCCCS(=O)(=O)NC[C@H]1CC[C@@H]2[C@H](O1)c1cc(C(F)(F)F)ccc1N[C@H]2C1C=CC=CC1. The Bertz CT molecular complexity index is 1040. The number of hydrogen-bond donors (Lipinski definition) is 3. The molecule has 0 spiro atoms. The highest BCUT2D eigenvalue weighted by Crippen LogP contribution is 2.49. The zero-order chi connectivity index (χ0) is 25.1. The van der Waals surface area contributed by atoms with Crippen molar-refractivity contribution in [3.05, 3.63) is 53.6 Å². The fourth-order valence-electron chi connectivity index (χ4n) is 5.27. The number of alkyl halides is 3. The highest BCUT2D eigenvalue weighted by atomic mass is 32.2. The van der Waals surface area contributed by atoms with E-state index in [9.17, 15) is 21.6 Å². The molecule has 3 N–H and O–H groups in total. The van der Waals surface area contributed by atoms with Gasteiger partial charge in [0, 0.05) is 35.7 Å². The van der Waals surface area contributed by atoms with E-state index in [0.29, 0.717) is 30.6 Å². The van der Waals surface area contributed by atoms with E-state index in [1.54, 1.807) is 0 Å². The molecule has 6 nitrogen and oxygen atoms in total. The molecular formula is C25H34F3N3O3S. The summed E-state index contributed by atoms with van der Waals surface area (Å²) in [6, 6.07) is 3.79. The molecule has 0 saturated carbocycles. The number of ether oxygens (including phenoxy) is 1. The molecule has 1 saturated heterocycles. The molecule has 4 rings (SSSR count). The van der Waals surface area contributed by atoms with Crippen LogP contribution in [0.4, 0.5) is 18.9 Å². The van der Waals surface area contributed by atoms with Crippen molar-refractivity contribution in [3.8, 4) is 0 Å². The Balaban J connectivity index is 1.51. The summed E-state index contributed by atoms with van der Waals surface area (Å²) in [6.07, 6.45) is 5.58. The first-order chi connectivity index (χ1) is 16.7. The number of allylic oxidation sites excluding steroid dienone is 3. The second kappa shape index (κ2) is 11.0. The molecular weight excluding hydrogens is 479 g/mol. The van der Waals surface area contributed by atoms with Crippen LogP contribution in [0.25, 0.3) is 0 Å². The Hall–Kier alpha value is -1.88. The zero-order valence-electron chi connectivity index (χ0n) is 19.9. The minimum absolute atomic E-state index is 0.0138. The number of benzene rings is 1. The van der Waals surface area contributed by atoms with E-state index in [-0.39, 0.29) is 30.2 Å². The summed E-state index contributed by atoms with van der Waals surface area (Å²) in [6.45, 7) is 3.49. The molecule has 3 aliphatic rings. The van der Waals surface area contributed by atoms with E-state index < -0.39 is 34.0 Å². The zero-order valence-corrected chi connectivity index (χ0v) is 20.7. The van der Waals surface area contributed by atoms with Crippen molar-refractivity contribution in [2.24, 2.45) is 11.8 Å². The highest BCUT2D eigenvalue weighted by Gasteiger charge is 2.45.